The van der Waals surface area contributed by atoms with Gasteiger partial charge in [-0.3, -0.25) is 0 Å². The van der Waals surface area contributed by atoms with E-state index in [1.54, 1.807) is 0 Å². The number of fused-ring (bicyclic) bond motifs is 1. The number of aliphatic hydroxyl groups is 1. The Bertz CT molecular complexity index is 548. The summed E-state index contributed by atoms with van der Waals surface area (Å²) < 4.78 is 5.80. The van der Waals surface area contributed by atoms with Crippen LogP contribution in [0.2, 0.25) is 0 Å². The second-order valence-corrected chi connectivity index (χ2v) is 5.04. The third kappa shape index (κ3) is 2.79. The average molecular weight is 254 g/mol. The van der Waals surface area contributed by atoms with Gasteiger partial charge in [0.25, 0.3) is 0 Å². The van der Waals surface area contributed by atoms with Crippen LogP contribution in [0.4, 0.5) is 0 Å². The highest BCUT2D eigenvalue weighted by molar-refractivity contribution is 5.38. The lowest BCUT2D eigenvalue weighted by atomic mass is 9.89. The van der Waals surface area contributed by atoms with E-state index in [2.05, 4.69) is 6.07 Å². The molecule has 0 radical (unpaired) electrons. The fourth-order valence-corrected chi connectivity index (χ4v) is 2.58. The topological polar surface area (TPSA) is 29.5 Å². The van der Waals surface area contributed by atoms with Gasteiger partial charge in [-0.25, -0.2) is 0 Å². The lowest BCUT2D eigenvalue weighted by Crippen LogP contribution is -2.09. The minimum atomic E-state index is -0.330. The van der Waals surface area contributed by atoms with Gasteiger partial charge in [0.2, 0.25) is 0 Å². The third-order valence-electron chi connectivity index (χ3n) is 3.65. The van der Waals surface area contributed by atoms with E-state index in [1.807, 2.05) is 42.5 Å². The molecule has 2 aromatic carbocycles. The van der Waals surface area contributed by atoms with Crippen molar-refractivity contribution in [2.75, 3.05) is 0 Å². The predicted octanol–water partition coefficient (Wildman–Crippen LogP) is 3.64. The van der Waals surface area contributed by atoms with Crippen molar-refractivity contribution in [2.45, 2.75) is 32.0 Å². The summed E-state index contributed by atoms with van der Waals surface area (Å²) in [5.41, 5.74) is 3.45. The second kappa shape index (κ2) is 5.45. The van der Waals surface area contributed by atoms with E-state index in [4.69, 9.17) is 4.74 Å². The molecule has 2 nitrogen and oxygen atoms in total. The summed E-state index contributed by atoms with van der Waals surface area (Å²) in [4.78, 5) is 0. The summed E-state index contributed by atoms with van der Waals surface area (Å²) in [6, 6.07) is 16.2. The van der Waals surface area contributed by atoms with Crippen LogP contribution in [0.25, 0.3) is 0 Å². The largest absolute Gasteiger partial charge is 0.489 e. The zero-order valence-corrected chi connectivity index (χ0v) is 10.9. The number of hydrogen-bond donors (Lipinski definition) is 1. The molecule has 0 fully saturated rings. The maximum atomic E-state index is 10.0. The first-order valence-electron chi connectivity index (χ1n) is 6.80. The van der Waals surface area contributed by atoms with Crippen molar-refractivity contribution in [2.24, 2.45) is 0 Å². The molecule has 2 aromatic rings. The van der Waals surface area contributed by atoms with Gasteiger partial charge in [0.1, 0.15) is 12.4 Å². The molecule has 2 heteroatoms. The molecule has 1 unspecified atom stereocenters. The van der Waals surface area contributed by atoms with E-state index in [9.17, 15) is 5.11 Å². The Balaban J connectivity index is 1.74. The van der Waals surface area contributed by atoms with Gasteiger partial charge in [0.15, 0.2) is 0 Å². The molecule has 1 aliphatic carbocycles. The third-order valence-corrected chi connectivity index (χ3v) is 3.65. The molecule has 0 saturated carbocycles. The summed E-state index contributed by atoms with van der Waals surface area (Å²) >= 11 is 0. The second-order valence-electron chi connectivity index (χ2n) is 5.04. The van der Waals surface area contributed by atoms with Gasteiger partial charge in [-0.2, -0.15) is 0 Å². The molecule has 0 heterocycles. The molecular formula is C17H18O2. The van der Waals surface area contributed by atoms with Gasteiger partial charge in [0, 0.05) is 0 Å². The molecule has 1 N–H and O–H groups in total. The van der Waals surface area contributed by atoms with Crippen LogP contribution in [0.3, 0.4) is 0 Å². The Morgan fingerprint density at radius 1 is 1.11 bits per heavy atom. The summed E-state index contributed by atoms with van der Waals surface area (Å²) in [6.07, 6.45) is 2.66. The first-order valence-corrected chi connectivity index (χ1v) is 6.80. The van der Waals surface area contributed by atoms with Crippen molar-refractivity contribution in [3.63, 3.8) is 0 Å². The normalized spacial score (nSPS) is 17.8. The Morgan fingerprint density at radius 2 is 1.95 bits per heavy atom. The monoisotopic (exact) mass is 254 g/mol. The molecule has 0 aliphatic heterocycles. The van der Waals surface area contributed by atoms with E-state index in [-0.39, 0.29) is 6.10 Å². The van der Waals surface area contributed by atoms with Gasteiger partial charge in [0.05, 0.1) is 6.10 Å². The highest BCUT2D eigenvalue weighted by Crippen LogP contribution is 2.32. The first-order chi connectivity index (χ1) is 9.33. The van der Waals surface area contributed by atoms with Crippen molar-refractivity contribution in [1.29, 1.82) is 0 Å². The lowest BCUT2D eigenvalue weighted by Gasteiger charge is -2.22. The molecule has 3 rings (SSSR count). The van der Waals surface area contributed by atoms with Crippen molar-refractivity contribution < 1.29 is 9.84 Å². The van der Waals surface area contributed by atoms with Crippen LogP contribution in [-0.2, 0) is 13.0 Å². The van der Waals surface area contributed by atoms with Crippen LogP contribution in [0.5, 0.6) is 5.75 Å². The van der Waals surface area contributed by atoms with Crippen LogP contribution in [0.1, 0.15) is 35.6 Å². The van der Waals surface area contributed by atoms with Gasteiger partial charge in [-0.15, -0.1) is 0 Å². The van der Waals surface area contributed by atoms with Crippen molar-refractivity contribution in [3.05, 3.63) is 65.2 Å². The Morgan fingerprint density at radius 3 is 2.79 bits per heavy atom. The molecule has 1 atom stereocenters. The average Bonchev–Trinajstić information content (AvgIpc) is 2.47. The molecule has 98 valence electrons. The highest BCUT2D eigenvalue weighted by Gasteiger charge is 2.18. The zero-order valence-electron chi connectivity index (χ0n) is 10.9. The maximum absolute atomic E-state index is 10.0. The molecule has 0 amide bonds. The van der Waals surface area contributed by atoms with Gasteiger partial charge in [-0.1, -0.05) is 36.4 Å². The molecule has 0 bridgehead atoms. The molecule has 19 heavy (non-hydrogen) atoms. The van der Waals surface area contributed by atoms with E-state index < -0.39 is 0 Å². The maximum Gasteiger partial charge on any atom is 0.120 e. The fourth-order valence-electron chi connectivity index (χ4n) is 2.58. The molecule has 0 saturated heterocycles. The minimum absolute atomic E-state index is 0.330. The van der Waals surface area contributed by atoms with Crippen LogP contribution < -0.4 is 4.74 Å². The number of benzene rings is 2. The van der Waals surface area contributed by atoms with E-state index in [1.165, 1.54) is 5.56 Å². The van der Waals surface area contributed by atoms with Crippen molar-refractivity contribution in [3.8, 4) is 5.75 Å². The number of aliphatic hydroxyl groups excluding tert-OH is 1. The Kier molecular flexibility index (Phi) is 3.51. The zero-order chi connectivity index (χ0) is 13.1. The van der Waals surface area contributed by atoms with Crippen molar-refractivity contribution >= 4 is 0 Å². The lowest BCUT2D eigenvalue weighted by molar-refractivity contribution is 0.156. The quantitative estimate of drug-likeness (QED) is 0.906. The Hall–Kier alpha value is -1.80. The van der Waals surface area contributed by atoms with E-state index >= 15 is 0 Å². The summed E-state index contributed by atoms with van der Waals surface area (Å²) in [7, 11) is 0. The van der Waals surface area contributed by atoms with Crippen molar-refractivity contribution in [1.82, 2.24) is 0 Å². The van der Waals surface area contributed by atoms with Crippen LogP contribution in [0.15, 0.2) is 48.5 Å². The number of hydrogen-bond acceptors (Lipinski definition) is 2. The predicted molar refractivity (Wildman–Crippen MR) is 75.1 cm³/mol. The minimum Gasteiger partial charge on any atom is -0.489 e. The van der Waals surface area contributed by atoms with Crippen LogP contribution >= 0.6 is 0 Å². The van der Waals surface area contributed by atoms with Crippen LogP contribution in [0, 0.1) is 0 Å². The molecular weight excluding hydrogens is 236 g/mol. The number of ether oxygens (including phenoxy) is 1. The van der Waals surface area contributed by atoms with Gasteiger partial charge >= 0.3 is 0 Å². The molecule has 0 aromatic heterocycles. The SMILES string of the molecule is OC1CCCc2ccc(OCc3ccccc3)cc21. The highest BCUT2D eigenvalue weighted by atomic mass is 16.5. The summed E-state index contributed by atoms with van der Waals surface area (Å²) in [6.45, 7) is 0.565. The summed E-state index contributed by atoms with van der Waals surface area (Å²) in [5.74, 6) is 0.837. The molecule has 0 spiro atoms. The number of rotatable bonds is 3. The fraction of sp³-hybridized carbons (Fsp3) is 0.294. The smallest absolute Gasteiger partial charge is 0.120 e. The first kappa shape index (κ1) is 12.2. The standard InChI is InChI=1S/C17H18O2/c18-17-8-4-7-14-9-10-15(11-16(14)17)19-12-13-5-2-1-3-6-13/h1-3,5-6,9-11,17-18H,4,7-8,12H2. The summed E-state index contributed by atoms with van der Waals surface area (Å²) in [5, 5.41) is 10.0. The van der Waals surface area contributed by atoms with Gasteiger partial charge < -0.3 is 9.84 Å². The molecule has 1 aliphatic rings. The Labute approximate surface area is 113 Å². The number of aryl methyl sites for hydroxylation is 1. The van der Waals surface area contributed by atoms with E-state index in [0.717, 1.165) is 36.1 Å². The van der Waals surface area contributed by atoms with E-state index in [0.29, 0.717) is 6.61 Å². The van der Waals surface area contributed by atoms with Gasteiger partial charge in [-0.05, 0) is 48.1 Å². The van der Waals surface area contributed by atoms with Crippen LogP contribution in [-0.4, -0.2) is 5.11 Å².